The van der Waals surface area contributed by atoms with Gasteiger partial charge in [0.2, 0.25) is 29.4 Å². The summed E-state index contributed by atoms with van der Waals surface area (Å²) in [5, 5.41) is 10.2. The third-order valence-corrected chi connectivity index (χ3v) is 8.12. The number of rotatable bonds is 15. The van der Waals surface area contributed by atoms with Crippen molar-refractivity contribution < 1.29 is 38.3 Å². The maximum Gasteiger partial charge on any atom is 0.407 e. The summed E-state index contributed by atoms with van der Waals surface area (Å²) in [5.41, 5.74) is -0.171. The molecular formula is C35H54N6O8. The standard InChI is InChI=1S/C35H54N6O8/c1-10-14-24(28(43)31(45)36-19-26(42)38-27(32(46)40(8)9)23-15-12-11-13-16-23)37-30(44)25-18-17-22(4)41(25)33(47)29(35(5,6)7)39-34(48)49-20-21(2)3/h11-13,15-16,21-22,24-25,27,29H,10,14,17-20H2,1-9H3,(H,36,45)(H,37,44)(H,38,42)(H,39,48)/t22-,24-,25-,27-,29+/m0/s1. The Balaban J connectivity index is 2.12. The van der Waals surface area contributed by atoms with E-state index in [4.69, 9.17) is 4.74 Å². The molecule has 0 bridgehead atoms. The Morgan fingerprint density at radius 3 is 2.14 bits per heavy atom. The normalized spacial score (nSPS) is 17.7. The summed E-state index contributed by atoms with van der Waals surface area (Å²) in [7, 11) is 3.11. The Hall–Kier alpha value is -4.49. The van der Waals surface area contributed by atoms with Gasteiger partial charge >= 0.3 is 6.09 Å². The van der Waals surface area contributed by atoms with E-state index in [1.54, 1.807) is 72.1 Å². The summed E-state index contributed by atoms with van der Waals surface area (Å²) >= 11 is 0. The van der Waals surface area contributed by atoms with Gasteiger partial charge in [-0.1, -0.05) is 78.3 Å². The monoisotopic (exact) mass is 686 g/mol. The third kappa shape index (κ3) is 11.9. The van der Waals surface area contributed by atoms with Crippen LogP contribution in [0.3, 0.4) is 0 Å². The van der Waals surface area contributed by atoms with Gasteiger partial charge in [-0.25, -0.2) is 4.79 Å². The molecule has 0 aliphatic carbocycles. The minimum absolute atomic E-state index is 0.102. The van der Waals surface area contributed by atoms with E-state index >= 15 is 0 Å². The molecule has 0 aromatic heterocycles. The number of likely N-dealkylation sites (N-methyl/N-ethyl adjacent to an activating group) is 1. The average molecular weight is 687 g/mol. The summed E-state index contributed by atoms with van der Waals surface area (Å²) in [4.78, 5) is 94.5. The molecule has 5 atom stereocenters. The first kappa shape index (κ1) is 40.7. The van der Waals surface area contributed by atoms with Crippen LogP contribution in [0.15, 0.2) is 30.3 Å². The highest BCUT2D eigenvalue weighted by molar-refractivity contribution is 6.38. The summed E-state index contributed by atoms with van der Waals surface area (Å²) in [6, 6.07) is 4.14. The van der Waals surface area contributed by atoms with E-state index in [0.29, 0.717) is 24.8 Å². The second kappa shape index (κ2) is 18.3. The van der Waals surface area contributed by atoms with Crippen LogP contribution in [0.4, 0.5) is 4.79 Å². The number of amides is 6. The smallest absolute Gasteiger partial charge is 0.407 e. The molecule has 1 aliphatic rings. The second-order valence-corrected chi connectivity index (χ2v) is 14.2. The predicted molar refractivity (Wildman–Crippen MR) is 183 cm³/mol. The van der Waals surface area contributed by atoms with Gasteiger partial charge in [0.05, 0.1) is 19.2 Å². The first-order valence-electron chi connectivity index (χ1n) is 16.8. The van der Waals surface area contributed by atoms with Gasteiger partial charge in [0, 0.05) is 20.1 Å². The SMILES string of the molecule is CCC[C@H](NC(=O)[C@@H]1CC[C@H](C)N1C(=O)[C@@H](NC(=O)OCC(C)C)C(C)(C)C)C(=O)C(=O)NCC(=O)N[C@H](C(=O)N(C)C)c1ccccc1. The lowest BCUT2D eigenvalue weighted by Crippen LogP contribution is -2.60. The van der Waals surface area contributed by atoms with Crippen molar-refractivity contribution >= 4 is 41.4 Å². The Bertz CT molecular complexity index is 1340. The molecule has 6 amide bonds. The number of ketones is 1. The molecule has 1 aliphatic heterocycles. The molecule has 1 fully saturated rings. The van der Waals surface area contributed by atoms with Crippen molar-refractivity contribution in [3.05, 3.63) is 35.9 Å². The molecule has 0 spiro atoms. The van der Waals surface area contributed by atoms with E-state index in [1.165, 1.54) is 9.80 Å². The number of nitrogens with zero attached hydrogens (tertiary/aromatic N) is 2. The highest BCUT2D eigenvalue weighted by Crippen LogP contribution is 2.29. The topological polar surface area (TPSA) is 183 Å². The lowest BCUT2D eigenvalue weighted by atomic mass is 9.85. The number of hydrogen-bond acceptors (Lipinski definition) is 8. The molecule has 0 radical (unpaired) electrons. The van der Waals surface area contributed by atoms with E-state index in [1.807, 2.05) is 20.8 Å². The maximum absolute atomic E-state index is 13.9. The number of carbonyl (C=O) groups is 7. The number of likely N-dealkylation sites (tertiary alicyclic amines) is 1. The number of ether oxygens (including phenoxy) is 1. The van der Waals surface area contributed by atoms with E-state index in [0.717, 1.165) is 0 Å². The quantitative estimate of drug-likeness (QED) is 0.202. The van der Waals surface area contributed by atoms with Crippen molar-refractivity contribution in [1.29, 1.82) is 0 Å². The van der Waals surface area contributed by atoms with Gasteiger partial charge in [-0.2, -0.15) is 0 Å². The summed E-state index contributed by atoms with van der Waals surface area (Å²) in [6.07, 6.45) is 0.695. The Kier molecular flexibility index (Phi) is 15.2. The number of hydrogen-bond donors (Lipinski definition) is 4. The fourth-order valence-electron chi connectivity index (χ4n) is 5.45. The molecule has 1 aromatic carbocycles. The molecule has 1 heterocycles. The number of alkyl carbamates (subject to hydrolysis) is 1. The Labute approximate surface area is 289 Å². The fourth-order valence-corrected chi connectivity index (χ4v) is 5.45. The molecule has 2 rings (SSSR count). The van der Waals surface area contributed by atoms with Crippen LogP contribution < -0.4 is 21.3 Å². The number of nitrogens with one attached hydrogen (secondary N) is 4. The molecule has 272 valence electrons. The number of Topliss-reactive ketones (excluding diaryl/α,β-unsaturated/α-hetero) is 1. The van der Waals surface area contributed by atoms with Crippen LogP contribution >= 0.6 is 0 Å². The van der Waals surface area contributed by atoms with Crippen LogP contribution in [0.2, 0.25) is 0 Å². The van der Waals surface area contributed by atoms with Gasteiger partial charge in [-0.15, -0.1) is 0 Å². The molecule has 1 aromatic rings. The van der Waals surface area contributed by atoms with Gasteiger partial charge in [0.1, 0.15) is 18.1 Å². The molecule has 14 heteroatoms. The van der Waals surface area contributed by atoms with Crippen LogP contribution in [-0.4, -0.2) is 103 Å². The fraction of sp³-hybridized carbons (Fsp3) is 0.629. The highest BCUT2D eigenvalue weighted by Gasteiger charge is 2.45. The van der Waals surface area contributed by atoms with Gasteiger partial charge in [0.15, 0.2) is 0 Å². The van der Waals surface area contributed by atoms with Crippen molar-refractivity contribution in [2.45, 2.75) is 104 Å². The second-order valence-electron chi connectivity index (χ2n) is 14.2. The molecule has 49 heavy (non-hydrogen) atoms. The lowest BCUT2D eigenvalue weighted by Gasteiger charge is -2.37. The van der Waals surface area contributed by atoms with E-state index in [-0.39, 0.29) is 30.9 Å². The number of benzene rings is 1. The zero-order valence-electron chi connectivity index (χ0n) is 30.3. The molecule has 4 N–H and O–H groups in total. The Morgan fingerprint density at radius 1 is 0.959 bits per heavy atom. The summed E-state index contributed by atoms with van der Waals surface area (Å²) in [6.45, 7) is 12.4. The van der Waals surface area contributed by atoms with Gasteiger partial charge < -0.3 is 35.8 Å². The van der Waals surface area contributed by atoms with E-state index < -0.39 is 71.6 Å². The van der Waals surface area contributed by atoms with E-state index in [9.17, 15) is 33.6 Å². The van der Waals surface area contributed by atoms with Crippen molar-refractivity contribution in [2.24, 2.45) is 11.3 Å². The van der Waals surface area contributed by atoms with Crippen molar-refractivity contribution in [1.82, 2.24) is 31.1 Å². The van der Waals surface area contributed by atoms with Crippen LogP contribution in [0.5, 0.6) is 0 Å². The van der Waals surface area contributed by atoms with Gasteiger partial charge in [-0.05, 0) is 43.1 Å². The number of carbonyl (C=O) groups excluding carboxylic acids is 7. The summed E-state index contributed by atoms with van der Waals surface area (Å²) in [5.74, 6) is -4.04. The largest absolute Gasteiger partial charge is 0.449 e. The zero-order valence-corrected chi connectivity index (χ0v) is 30.3. The minimum atomic E-state index is -1.21. The zero-order chi connectivity index (χ0) is 37.1. The van der Waals surface area contributed by atoms with Crippen LogP contribution in [0.25, 0.3) is 0 Å². The minimum Gasteiger partial charge on any atom is -0.449 e. The van der Waals surface area contributed by atoms with Crippen LogP contribution in [-0.2, 0) is 33.5 Å². The maximum atomic E-state index is 13.9. The average Bonchev–Trinajstić information content (AvgIpc) is 3.43. The van der Waals surface area contributed by atoms with Gasteiger partial charge in [-0.3, -0.25) is 28.8 Å². The molecule has 1 saturated heterocycles. The first-order valence-corrected chi connectivity index (χ1v) is 16.8. The first-order chi connectivity index (χ1) is 22.9. The lowest BCUT2D eigenvalue weighted by molar-refractivity contribution is -0.145. The van der Waals surface area contributed by atoms with Crippen molar-refractivity contribution in [3.63, 3.8) is 0 Å². The third-order valence-electron chi connectivity index (χ3n) is 8.12. The predicted octanol–water partition coefficient (Wildman–Crippen LogP) is 2.08. The molecule has 0 saturated carbocycles. The summed E-state index contributed by atoms with van der Waals surface area (Å²) < 4.78 is 5.25. The molecule has 0 unspecified atom stereocenters. The van der Waals surface area contributed by atoms with Crippen molar-refractivity contribution in [2.75, 3.05) is 27.2 Å². The highest BCUT2D eigenvalue weighted by atomic mass is 16.5. The van der Waals surface area contributed by atoms with E-state index in [2.05, 4.69) is 21.3 Å². The molecular weight excluding hydrogens is 632 g/mol. The molecule has 14 nitrogen and oxygen atoms in total. The van der Waals surface area contributed by atoms with Crippen LogP contribution in [0.1, 0.15) is 85.8 Å². The van der Waals surface area contributed by atoms with Crippen molar-refractivity contribution in [3.8, 4) is 0 Å². The Morgan fingerprint density at radius 2 is 1.59 bits per heavy atom. The van der Waals surface area contributed by atoms with Crippen LogP contribution in [0, 0.1) is 11.3 Å². The van der Waals surface area contributed by atoms with Gasteiger partial charge in [0.25, 0.3) is 5.91 Å².